The number of carbonyl (C=O) groups is 1. The van der Waals surface area contributed by atoms with Crippen molar-refractivity contribution in [2.24, 2.45) is 0 Å². The minimum Gasteiger partial charge on any atom is -1.00 e. The van der Waals surface area contributed by atoms with E-state index in [2.05, 4.69) is 16.7 Å². The Morgan fingerprint density at radius 2 is 2.15 bits per heavy atom. The van der Waals surface area contributed by atoms with E-state index in [1.54, 1.807) is 6.92 Å². The molecule has 74 valence electrons. The first-order chi connectivity index (χ1) is 5.66. The van der Waals surface area contributed by atoms with Gasteiger partial charge >= 0.3 is 35.5 Å². The number of hydrogen-bond acceptors (Lipinski definition) is 4. The van der Waals surface area contributed by atoms with Crippen LogP contribution in [0.1, 0.15) is 35.0 Å². The van der Waals surface area contributed by atoms with E-state index in [0.29, 0.717) is 6.61 Å². The Morgan fingerprint density at radius 1 is 1.54 bits per heavy atom. The van der Waals surface area contributed by atoms with Crippen LogP contribution in [0.3, 0.4) is 0 Å². The number of unbranched alkanes of at least 4 members (excludes halogenated alkanes) is 1. The summed E-state index contributed by atoms with van der Waals surface area (Å²) in [5.41, 5.74) is 0. The fourth-order valence-corrected chi connectivity index (χ4v) is 0.557. The quantitative estimate of drug-likeness (QED) is 0.177. The Balaban J connectivity index is -0.000000605. The summed E-state index contributed by atoms with van der Waals surface area (Å²) in [4.78, 5) is 19.1. The number of carbonyl (C=O) groups excluding carboxylic acids is 1. The second-order valence-corrected chi connectivity index (χ2v) is 2.46. The average Bonchev–Trinajstić information content (AvgIpc) is 2.01. The largest absolute Gasteiger partial charge is 1.00 e. The van der Waals surface area contributed by atoms with Crippen molar-refractivity contribution in [3.8, 4) is 0 Å². The van der Waals surface area contributed by atoms with Crippen molar-refractivity contribution in [3.05, 3.63) is 0 Å². The van der Waals surface area contributed by atoms with Crippen LogP contribution >= 0.6 is 0 Å². The molecule has 0 saturated heterocycles. The molecule has 0 aromatic rings. The maximum Gasteiger partial charge on any atom is 1.00 e. The van der Waals surface area contributed by atoms with E-state index in [9.17, 15) is 4.79 Å². The van der Waals surface area contributed by atoms with Gasteiger partial charge in [-0.3, -0.25) is 4.89 Å². The van der Waals surface area contributed by atoms with E-state index < -0.39 is 12.3 Å². The molecule has 0 N–H and O–H groups in total. The molecule has 0 rings (SSSR count). The second kappa shape index (κ2) is 10.5. The maximum absolute atomic E-state index is 10.3. The molecule has 0 aliphatic carbocycles. The number of ether oxygens (including phenoxy) is 1. The molecule has 0 saturated carbocycles. The van der Waals surface area contributed by atoms with E-state index in [1.807, 2.05) is 0 Å². The number of rotatable bonds is 6. The topological polar surface area (TPSA) is 44.8 Å². The molecule has 0 aromatic heterocycles. The van der Waals surface area contributed by atoms with Crippen LogP contribution in [0.4, 0.5) is 0 Å². The molecule has 0 spiro atoms. The van der Waals surface area contributed by atoms with Crippen LogP contribution in [-0.2, 0) is 19.3 Å². The van der Waals surface area contributed by atoms with Gasteiger partial charge in [0.15, 0.2) is 6.29 Å². The van der Waals surface area contributed by atoms with Crippen LogP contribution in [0, 0.1) is 0 Å². The molecule has 0 bridgehead atoms. The van der Waals surface area contributed by atoms with Gasteiger partial charge < -0.3 is 6.16 Å². The van der Waals surface area contributed by atoms with Crippen molar-refractivity contribution in [1.29, 1.82) is 0 Å². The van der Waals surface area contributed by atoms with Crippen LogP contribution in [0.2, 0.25) is 0 Å². The molecular weight excluding hydrogens is 183 g/mol. The van der Waals surface area contributed by atoms with E-state index in [4.69, 9.17) is 4.74 Å². The first-order valence-electron chi connectivity index (χ1n) is 4.12. The third kappa shape index (κ3) is 12.4. The van der Waals surface area contributed by atoms with Gasteiger partial charge in [-0.2, -0.15) is 4.89 Å². The van der Waals surface area contributed by atoms with Crippen molar-refractivity contribution in [3.63, 3.8) is 0 Å². The Morgan fingerprint density at radius 3 is 2.62 bits per heavy atom. The SMILES string of the molecule is CCCCOC(C)OOC(C)=O.[H-].[Na+]. The van der Waals surface area contributed by atoms with Gasteiger partial charge in [-0.15, -0.1) is 0 Å². The monoisotopic (exact) mass is 200 g/mol. The van der Waals surface area contributed by atoms with Gasteiger partial charge in [0, 0.05) is 13.5 Å². The minimum atomic E-state index is -0.486. The first kappa shape index (κ1) is 15.8. The zero-order valence-corrected chi connectivity index (χ0v) is 10.8. The molecule has 0 amide bonds. The maximum atomic E-state index is 10.3. The minimum absolute atomic E-state index is 0. The molecule has 0 aromatic carbocycles. The summed E-state index contributed by atoms with van der Waals surface area (Å²) in [7, 11) is 0. The summed E-state index contributed by atoms with van der Waals surface area (Å²) in [5, 5.41) is 0. The van der Waals surface area contributed by atoms with Crippen LogP contribution in [-0.4, -0.2) is 18.9 Å². The molecule has 1 unspecified atom stereocenters. The third-order valence-electron chi connectivity index (χ3n) is 1.15. The molecule has 0 heterocycles. The van der Waals surface area contributed by atoms with Crippen molar-refractivity contribution in [1.82, 2.24) is 0 Å². The van der Waals surface area contributed by atoms with E-state index in [0.717, 1.165) is 12.8 Å². The zero-order valence-electron chi connectivity index (χ0n) is 9.83. The summed E-state index contributed by atoms with van der Waals surface area (Å²) in [5.74, 6) is -0.471. The molecular formula is C8H17NaO4. The predicted octanol–water partition coefficient (Wildman–Crippen LogP) is -1.24. The Hall–Kier alpha value is 0.390. The molecule has 0 radical (unpaired) electrons. The molecule has 4 nitrogen and oxygen atoms in total. The first-order valence-corrected chi connectivity index (χ1v) is 4.12. The number of hydrogen-bond donors (Lipinski definition) is 0. The van der Waals surface area contributed by atoms with Gasteiger partial charge in [0.2, 0.25) is 0 Å². The molecule has 0 aliphatic rings. The normalized spacial score (nSPS) is 11.6. The average molecular weight is 200 g/mol. The van der Waals surface area contributed by atoms with Crippen molar-refractivity contribution < 1.29 is 50.3 Å². The smallest absolute Gasteiger partial charge is 1.00 e. The van der Waals surface area contributed by atoms with E-state index in [1.165, 1.54) is 6.92 Å². The van der Waals surface area contributed by atoms with Gasteiger partial charge in [0.1, 0.15) is 0 Å². The Labute approximate surface area is 103 Å². The summed E-state index contributed by atoms with van der Waals surface area (Å²) in [6.07, 6.45) is 1.56. The standard InChI is InChI=1S/C8H16O4.Na.H/c1-4-5-6-10-8(3)12-11-7(2)9;;/h8H,4-6H2,1-3H3;;/q;+1;-1. The summed E-state index contributed by atoms with van der Waals surface area (Å²) in [6, 6.07) is 0. The molecule has 5 heteroatoms. The summed E-state index contributed by atoms with van der Waals surface area (Å²) >= 11 is 0. The third-order valence-corrected chi connectivity index (χ3v) is 1.15. The van der Waals surface area contributed by atoms with Crippen molar-refractivity contribution >= 4 is 5.97 Å². The molecule has 0 fully saturated rings. The van der Waals surface area contributed by atoms with Crippen molar-refractivity contribution in [2.45, 2.75) is 39.9 Å². The molecule has 13 heavy (non-hydrogen) atoms. The van der Waals surface area contributed by atoms with Crippen molar-refractivity contribution in [2.75, 3.05) is 6.61 Å². The molecule has 0 aliphatic heterocycles. The van der Waals surface area contributed by atoms with Gasteiger partial charge in [-0.25, -0.2) is 4.79 Å². The Bertz CT molecular complexity index is 135. The van der Waals surface area contributed by atoms with Gasteiger partial charge in [0.25, 0.3) is 0 Å². The van der Waals surface area contributed by atoms with Gasteiger partial charge in [-0.1, -0.05) is 13.3 Å². The van der Waals surface area contributed by atoms with Crippen LogP contribution in [0.15, 0.2) is 0 Å². The zero-order chi connectivity index (χ0) is 9.40. The predicted molar refractivity (Wildman–Crippen MR) is 44.3 cm³/mol. The van der Waals surface area contributed by atoms with E-state index in [-0.39, 0.29) is 31.0 Å². The summed E-state index contributed by atoms with van der Waals surface area (Å²) in [6.45, 7) is 5.65. The second-order valence-electron chi connectivity index (χ2n) is 2.46. The fraction of sp³-hybridized carbons (Fsp3) is 0.875. The van der Waals surface area contributed by atoms with Gasteiger partial charge in [-0.05, 0) is 13.3 Å². The van der Waals surface area contributed by atoms with E-state index >= 15 is 0 Å². The Kier molecular flexibility index (Phi) is 12.8. The van der Waals surface area contributed by atoms with Crippen LogP contribution in [0.25, 0.3) is 0 Å². The van der Waals surface area contributed by atoms with Crippen LogP contribution < -0.4 is 29.6 Å². The van der Waals surface area contributed by atoms with Crippen LogP contribution in [0.5, 0.6) is 0 Å². The fourth-order valence-electron chi connectivity index (χ4n) is 0.557. The summed E-state index contributed by atoms with van der Waals surface area (Å²) < 4.78 is 5.13. The molecule has 1 atom stereocenters. The van der Waals surface area contributed by atoms with Gasteiger partial charge in [0.05, 0.1) is 0 Å².